The third-order valence-electron chi connectivity index (χ3n) is 9.96. The van der Waals surface area contributed by atoms with Gasteiger partial charge in [0, 0.05) is 0 Å². The van der Waals surface area contributed by atoms with Crippen molar-refractivity contribution in [2.75, 3.05) is 19.8 Å². The molecule has 51 heavy (non-hydrogen) atoms. The fraction of sp³-hybridized carbons (Fsp3) is 0.707. The molecule has 0 bridgehead atoms. The largest absolute Gasteiger partial charge is 0.485 e. The van der Waals surface area contributed by atoms with E-state index in [2.05, 4.69) is 26.0 Å². The summed E-state index contributed by atoms with van der Waals surface area (Å²) in [6, 6.07) is 15.9. The summed E-state index contributed by atoms with van der Waals surface area (Å²) in [5.41, 5.74) is 1.58. The van der Waals surface area contributed by atoms with E-state index in [1.807, 2.05) is 36.4 Å². The molecule has 292 valence electrons. The van der Waals surface area contributed by atoms with E-state index >= 15 is 0 Å². The second kappa shape index (κ2) is 29.2. The van der Waals surface area contributed by atoms with Gasteiger partial charge < -0.3 is 38.5 Å². The first-order valence-corrected chi connectivity index (χ1v) is 22.2. The molecular formula is C41H70O8P2. The standard InChI is InChI=1S/C41H70O8P2/c1-3-5-7-9-11-13-15-17-19-21-27-36-28-23-25-31-38(36)40(41(33-42,34-47-50(43)44)35-48-51(45)46)49-39-32-26-24-30-37(39)29-22-20-18-16-14-12-10-8-6-4-2/h23-26,28,30-32,40,42-46H,3-22,27,29,33-35H2,1-2H3. The molecule has 1 atom stereocenters. The summed E-state index contributed by atoms with van der Waals surface area (Å²) in [6.45, 7) is 3.32. The van der Waals surface area contributed by atoms with E-state index in [0.717, 1.165) is 55.2 Å². The average Bonchev–Trinajstić information content (AvgIpc) is 3.13. The third-order valence-corrected chi connectivity index (χ3v) is 10.7. The Morgan fingerprint density at radius 2 is 0.922 bits per heavy atom. The summed E-state index contributed by atoms with van der Waals surface area (Å²) >= 11 is 0. The lowest BCUT2D eigenvalue weighted by atomic mass is 9.78. The molecule has 10 heteroatoms. The lowest BCUT2D eigenvalue weighted by Crippen LogP contribution is -2.44. The average molecular weight is 753 g/mol. The maximum atomic E-state index is 11.0. The fourth-order valence-corrected chi connectivity index (χ4v) is 7.58. The Kier molecular flexibility index (Phi) is 26.3. The highest BCUT2D eigenvalue weighted by molar-refractivity contribution is 7.39. The highest BCUT2D eigenvalue weighted by Crippen LogP contribution is 2.45. The first-order chi connectivity index (χ1) is 24.9. The molecule has 5 N–H and O–H groups in total. The lowest BCUT2D eigenvalue weighted by molar-refractivity contribution is -0.0659. The van der Waals surface area contributed by atoms with Gasteiger partial charge >= 0.3 is 17.2 Å². The van der Waals surface area contributed by atoms with Gasteiger partial charge in [0.1, 0.15) is 11.9 Å². The highest BCUT2D eigenvalue weighted by atomic mass is 31.2. The van der Waals surface area contributed by atoms with Crippen LogP contribution in [0.3, 0.4) is 0 Å². The normalized spacial score (nSPS) is 12.6. The topological polar surface area (TPSA) is 129 Å². The number of para-hydroxylation sites is 1. The van der Waals surface area contributed by atoms with Crippen LogP contribution in [0.5, 0.6) is 5.75 Å². The monoisotopic (exact) mass is 752 g/mol. The smallest absolute Gasteiger partial charge is 0.327 e. The van der Waals surface area contributed by atoms with E-state index < -0.39 is 35.3 Å². The Hall–Kier alpha value is -1.18. The van der Waals surface area contributed by atoms with Gasteiger partial charge in [-0.3, -0.25) is 0 Å². The van der Waals surface area contributed by atoms with Crippen molar-refractivity contribution in [3.8, 4) is 5.75 Å². The first kappa shape index (κ1) is 46.0. The fourth-order valence-electron chi connectivity index (χ4n) is 6.83. The zero-order valence-corrected chi connectivity index (χ0v) is 33.5. The van der Waals surface area contributed by atoms with Crippen molar-refractivity contribution in [3.63, 3.8) is 0 Å². The molecule has 0 heterocycles. The van der Waals surface area contributed by atoms with Crippen molar-refractivity contribution in [3.05, 3.63) is 65.2 Å². The second-order valence-corrected chi connectivity index (χ2v) is 15.8. The van der Waals surface area contributed by atoms with Gasteiger partial charge in [0.2, 0.25) is 0 Å². The van der Waals surface area contributed by atoms with Crippen LogP contribution in [0.1, 0.15) is 165 Å². The molecular weight excluding hydrogens is 682 g/mol. The summed E-state index contributed by atoms with van der Waals surface area (Å²) < 4.78 is 17.6. The first-order valence-electron chi connectivity index (χ1n) is 19.9. The molecule has 0 aliphatic heterocycles. The second-order valence-electron chi connectivity index (χ2n) is 14.2. The number of aryl methyl sites for hydroxylation is 2. The van der Waals surface area contributed by atoms with Crippen LogP contribution in [0.25, 0.3) is 0 Å². The summed E-state index contributed by atoms with van der Waals surface area (Å²) in [5.74, 6) is 0.676. The van der Waals surface area contributed by atoms with E-state index in [9.17, 15) is 24.7 Å². The predicted molar refractivity (Wildman–Crippen MR) is 211 cm³/mol. The predicted octanol–water partition coefficient (Wildman–Crippen LogP) is 11.2. The van der Waals surface area contributed by atoms with Crippen LogP contribution in [-0.4, -0.2) is 44.5 Å². The van der Waals surface area contributed by atoms with Crippen molar-refractivity contribution >= 4 is 17.2 Å². The van der Waals surface area contributed by atoms with E-state index in [1.165, 1.54) is 103 Å². The summed E-state index contributed by atoms with van der Waals surface area (Å²) in [7, 11) is -5.49. The van der Waals surface area contributed by atoms with Crippen LogP contribution in [0.4, 0.5) is 0 Å². The van der Waals surface area contributed by atoms with Crippen molar-refractivity contribution in [2.24, 2.45) is 5.41 Å². The Morgan fingerprint density at radius 1 is 0.529 bits per heavy atom. The SMILES string of the molecule is CCCCCCCCCCCCc1ccccc1OC(c1ccccc1CCCCCCCCCCCC)C(CO)(COP(O)O)COP(O)O. The third kappa shape index (κ3) is 19.6. The Labute approximate surface area is 312 Å². The minimum Gasteiger partial charge on any atom is -0.485 e. The molecule has 0 saturated carbocycles. The molecule has 2 aromatic rings. The molecule has 0 spiro atoms. The zero-order valence-electron chi connectivity index (χ0n) is 31.7. The van der Waals surface area contributed by atoms with Gasteiger partial charge in [0.25, 0.3) is 0 Å². The number of hydrogen-bond donors (Lipinski definition) is 5. The van der Waals surface area contributed by atoms with E-state index in [-0.39, 0.29) is 13.2 Å². The number of unbranched alkanes of at least 4 members (excludes halogenated alkanes) is 18. The van der Waals surface area contributed by atoms with Gasteiger partial charge in [-0.2, -0.15) is 0 Å². The molecule has 0 radical (unpaired) electrons. The molecule has 0 fully saturated rings. The quantitative estimate of drug-likeness (QED) is 0.0360. The maximum Gasteiger partial charge on any atom is 0.327 e. The number of rotatable bonds is 33. The van der Waals surface area contributed by atoms with Gasteiger partial charge in [0.05, 0.1) is 25.2 Å². The highest BCUT2D eigenvalue weighted by Gasteiger charge is 2.45. The van der Waals surface area contributed by atoms with Crippen molar-refractivity contribution in [1.29, 1.82) is 0 Å². The van der Waals surface area contributed by atoms with Gasteiger partial charge in [-0.05, 0) is 48.4 Å². The number of aliphatic hydroxyl groups excluding tert-OH is 1. The molecule has 1 unspecified atom stereocenters. The number of benzene rings is 2. The molecule has 0 aliphatic rings. The lowest BCUT2D eigenvalue weighted by Gasteiger charge is -2.40. The zero-order chi connectivity index (χ0) is 37.0. The minimum absolute atomic E-state index is 0.330. The number of ether oxygens (including phenoxy) is 1. The van der Waals surface area contributed by atoms with Crippen LogP contribution in [0.15, 0.2) is 48.5 Å². The van der Waals surface area contributed by atoms with Gasteiger partial charge in [-0.15, -0.1) is 0 Å². The number of hydrogen-bond acceptors (Lipinski definition) is 8. The van der Waals surface area contributed by atoms with Crippen LogP contribution in [0.2, 0.25) is 0 Å². The molecule has 0 aliphatic carbocycles. The van der Waals surface area contributed by atoms with E-state index in [4.69, 9.17) is 13.8 Å². The van der Waals surface area contributed by atoms with Crippen molar-refractivity contribution in [2.45, 2.75) is 161 Å². The summed E-state index contributed by atoms with van der Waals surface area (Å²) in [5, 5.41) is 11.0. The minimum atomic E-state index is -2.75. The van der Waals surface area contributed by atoms with E-state index in [1.54, 1.807) is 0 Å². The Bertz CT molecular complexity index is 1110. The summed E-state index contributed by atoms with van der Waals surface area (Å²) in [4.78, 5) is 39.0. The molecule has 8 nitrogen and oxygen atoms in total. The van der Waals surface area contributed by atoms with Gasteiger partial charge in [-0.1, -0.05) is 172 Å². The molecule has 0 aromatic heterocycles. The molecule has 0 saturated heterocycles. The Balaban J connectivity index is 2.23. The van der Waals surface area contributed by atoms with Gasteiger partial charge in [0.15, 0.2) is 0 Å². The van der Waals surface area contributed by atoms with E-state index in [0.29, 0.717) is 5.75 Å². The molecule has 2 rings (SSSR count). The van der Waals surface area contributed by atoms with Crippen molar-refractivity contribution < 1.29 is 38.5 Å². The number of aliphatic hydroxyl groups is 1. The van der Waals surface area contributed by atoms with Crippen LogP contribution >= 0.6 is 17.2 Å². The van der Waals surface area contributed by atoms with Crippen molar-refractivity contribution in [1.82, 2.24) is 0 Å². The molecule has 2 aromatic carbocycles. The Morgan fingerprint density at radius 3 is 1.37 bits per heavy atom. The van der Waals surface area contributed by atoms with Crippen LogP contribution in [0, 0.1) is 5.41 Å². The summed E-state index contributed by atoms with van der Waals surface area (Å²) in [6.07, 6.45) is 25.8. The maximum absolute atomic E-state index is 11.0. The molecule has 0 amide bonds. The van der Waals surface area contributed by atoms with Crippen LogP contribution < -0.4 is 4.74 Å². The van der Waals surface area contributed by atoms with Crippen LogP contribution in [-0.2, 0) is 21.9 Å². The van der Waals surface area contributed by atoms with Gasteiger partial charge in [-0.25, -0.2) is 0 Å².